The molecule has 2 amide bonds. The number of halogens is 1. The topological polar surface area (TPSA) is 92.3 Å². The van der Waals surface area contributed by atoms with Gasteiger partial charge in [-0.15, -0.1) is 0 Å². The van der Waals surface area contributed by atoms with E-state index in [2.05, 4.69) is 20.9 Å². The van der Waals surface area contributed by atoms with Crippen LogP contribution in [-0.4, -0.2) is 30.5 Å². The Bertz CT molecular complexity index is 1020. The third kappa shape index (κ3) is 5.11. The highest BCUT2D eigenvalue weighted by atomic mass is 35.5. The lowest BCUT2D eigenvalue weighted by molar-refractivity contribution is -0.116. The summed E-state index contributed by atoms with van der Waals surface area (Å²) in [5.74, 6) is 0.363. The van der Waals surface area contributed by atoms with Crippen LogP contribution in [0.1, 0.15) is 13.3 Å². The van der Waals surface area contributed by atoms with Gasteiger partial charge in [-0.1, -0.05) is 22.9 Å². The number of carbonyl (C=O) groups is 2. The lowest BCUT2D eigenvalue weighted by Crippen LogP contribution is -2.16. The molecule has 7 nitrogen and oxygen atoms in total. The van der Waals surface area contributed by atoms with Gasteiger partial charge in [-0.3, -0.25) is 9.59 Å². The van der Waals surface area contributed by atoms with Crippen LogP contribution in [0.4, 0.5) is 16.5 Å². The van der Waals surface area contributed by atoms with Crippen molar-refractivity contribution in [1.29, 1.82) is 0 Å². The highest BCUT2D eigenvalue weighted by molar-refractivity contribution is 7.22. The Morgan fingerprint density at radius 1 is 1.18 bits per heavy atom. The van der Waals surface area contributed by atoms with Crippen molar-refractivity contribution in [3.05, 3.63) is 41.4 Å². The molecule has 0 radical (unpaired) electrons. The van der Waals surface area contributed by atoms with E-state index >= 15 is 0 Å². The second-order valence-corrected chi connectivity index (χ2v) is 7.42. The second-order valence-electron chi connectivity index (χ2n) is 5.95. The van der Waals surface area contributed by atoms with Crippen molar-refractivity contribution in [2.45, 2.75) is 13.3 Å². The first-order valence-corrected chi connectivity index (χ1v) is 9.69. The second kappa shape index (κ2) is 8.90. The van der Waals surface area contributed by atoms with Gasteiger partial charge in [0.2, 0.25) is 11.8 Å². The molecule has 0 aliphatic rings. The zero-order chi connectivity index (χ0) is 20.1. The van der Waals surface area contributed by atoms with Gasteiger partial charge in [0, 0.05) is 30.6 Å². The van der Waals surface area contributed by atoms with Crippen LogP contribution < -0.4 is 20.7 Å². The van der Waals surface area contributed by atoms with Crippen LogP contribution in [0, 0.1) is 0 Å². The summed E-state index contributed by atoms with van der Waals surface area (Å²) >= 11 is 7.35. The Labute approximate surface area is 171 Å². The van der Waals surface area contributed by atoms with Gasteiger partial charge < -0.3 is 20.7 Å². The van der Waals surface area contributed by atoms with E-state index in [1.807, 2.05) is 6.07 Å². The molecule has 2 aromatic carbocycles. The maximum Gasteiger partial charge on any atom is 0.227 e. The van der Waals surface area contributed by atoms with E-state index in [1.54, 1.807) is 37.4 Å². The number of anilines is 3. The van der Waals surface area contributed by atoms with Gasteiger partial charge in [-0.25, -0.2) is 4.98 Å². The van der Waals surface area contributed by atoms with Crippen molar-refractivity contribution in [3.8, 4) is 5.75 Å². The minimum atomic E-state index is -0.158. The van der Waals surface area contributed by atoms with Crippen LogP contribution in [0.15, 0.2) is 36.4 Å². The van der Waals surface area contributed by atoms with E-state index in [-0.39, 0.29) is 18.2 Å². The molecule has 28 heavy (non-hydrogen) atoms. The third-order valence-corrected chi connectivity index (χ3v) is 4.95. The van der Waals surface area contributed by atoms with Crippen molar-refractivity contribution in [3.63, 3.8) is 0 Å². The highest BCUT2D eigenvalue weighted by Crippen LogP contribution is 2.29. The van der Waals surface area contributed by atoms with Crippen molar-refractivity contribution in [2.75, 3.05) is 29.6 Å². The van der Waals surface area contributed by atoms with Crippen LogP contribution >= 0.6 is 22.9 Å². The molecule has 1 aromatic heterocycles. The molecule has 0 spiro atoms. The van der Waals surface area contributed by atoms with Crippen molar-refractivity contribution < 1.29 is 14.3 Å². The number of nitrogens with zero attached hydrogens (tertiary/aromatic N) is 1. The molecule has 9 heteroatoms. The summed E-state index contributed by atoms with van der Waals surface area (Å²) in [6.45, 7) is 1.87. The molecule has 0 aliphatic heterocycles. The van der Waals surface area contributed by atoms with E-state index in [1.165, 1.54) is 18.3 Å². The van der Waals surface area contributed by atoms with Gasteiger partial charge in [0.25, 0.3) is 0 Å². The summed E-state index contributed by atoms with van der Waals surface area (Å²) in [6, 6.07) is 10.7. The van der Waals surface area contributed by atoms with Crippen LogP contribution in [0.5, 0.6) is 5.75 Å². The van der Waals surface area contributed by atoms with Gasteiger partial charge in [0.15, 0.2) is 5.13 Å². The lowest BCUT2D eigenvalue weighted by Gasteiger charge is -2.11. The van der Waals surface area contributed by atoms with E-state index < -0.39 is 0 Å². The summed E-state index contributed by atoms with van der Waals surface area (Å²) in [4.78, 5) is 27.8. The zero-order valence-electron chi connectivity index (χ0n) is 15.3. The largest absolute Gasteiger partial charge is 0.495 e. The molecule has 0 aliphatic carbocycles. The Kier molecular flexibility index (Phi) is 6.33. The van der Waals surface area contributed by atoms with Crippen molar-refractivity contribution in [1.82, 2.24) is 4.98 Å². The highest BCUT2D eigenvalue weighted by Gasteiger charge is 2.10. The van der Waals surface area contributed by atoms with E-state index in [9.17, 15) is 9.59 Å². The first-order chi connectivity index (χ1) is 13.4. The van der Waals surface area contributed by atoms with Gasteiger partial charge in [0.05, 0.1) is 23.0 Å². The number of ether oxygens (including phenoxy) is 1. The number of fused-ring (bicyclic) bond motifs is 1. The summed E-state index contributed by atoms with van der Waals surface area (Å²) < 4.78 is 6.14. The molecular weight excluding hydrogens is 400 g/mol. The Balaban J connectivity index is 1.57. The number of methoxy groups -OCH3 is 1. The van der Waals surface area contributed by atoms with Crippen LogP contribution in [0.2, 0.25) is 5.02 Å². The predicted octanol–water partition coefficient (Wildman–Crippen LogP) is 4.36. The number of amides is 2. The molecule has 0 bridgehead atoms. The normalized spacial score (nSPS) is 10.5. The van der Waals surface area contributed by atoms with Crippen LogP contribution in [0.3, 0.4) is 0 Å². The minimum Gasteiger partial charge on any atom is -0.495 e. The number of hydrogen-bond donors (Lipinski definition) is 3. The number of rotatable bonds is 7. The fourth-order valence-electron chi connectivity index (χ4n) is 2.57. The molecule has 0 saturated heterocycles. The van der Waals surface area contributed by atoms with E-state index in [0.717, 1.165) is 15.9 Å². The molecule has 0 fully saturated rings. The number of benzene rings is 2. The maximum absolute atomic E-state index is 12.2. The minimum absolute atomic E-state index is 0.138. The molecule has 1 heterocycles. The Hall–Kier alpha value is -2.84. The standard InChI is InChI=1S/C19H19ClN4O3S/c1-11(25)22-13-4-5-14-17(10-13)28-19(23-14)24-18(26)7-8-21-15-9-12(20)3-6-16(15)27-2/h3-6,9-10,21H,7-8H2,1-2H3,(H,22,25)(H,23,24,26). The molecule has 3 N–H and O–H groups in total. The monoisotopic (exact) mass is 418 g/mol. The molecule has 146 valence electrons. The maximum atomic E-state index is 12.2. The van der Waals surface area contributed by atoms with Gasteiger partial charge in [0.1, 0.15) is 5.75 Å². The third-order valence-electron chi connectivity index (χ3n) is 3.78. The molecule has 3 aromatic rings. The average molecular weight is 419 g/mol. The molecule has 0 unspecified atom stereocenters. The van der Waals surface area contributed by atoms with Crippen molar-refractivity contribution >= 4 is 61.5 Å². The molecular formula is C19H19ClN4O3S. The summed E-state index contributed by atoms with van der Waals surface area (Å²) in [7, 11) is 1.58. The van der Waals surface area contributed by atoms with Gasteiger partial charge >= 0.3 is 0 Å². The Morgan fingerprint density at radius 2 is 2.00 bits per heavy atom. The average Bonchev–Trinajstić information content (AvgIpc) is 3.02. The number of carbonyl (C=O) groups excluding carboxylic acids is 2. The number of aromatic nitrogens is 1. The molecule has 0 saturated carbocycles. The van der Waals surface area contributed by atoms with E-state index in [4.69, 9.17) is 16.3 Å². The van der Waals surface area contributed by atoms with Gasteiger partial charge in [-0.2, -0.15) is 0 Å². The quantitative estimate of drug-likeness (QED) is 0.530. The summed E-state index contributed by atoms with van der Waals surface area (Å²) in [6.07, 6.45) is 0.253. The van der Waals surface area contributed by atoms with Crippen LogP contribution in [-0.2, 0) is 9.59 Å². The Morgan fingerprint density at radius 3 is 2.75 bits per heavy atom. The summed E-state index contributed by atoms with van der Waals surface area (Å²) in [5, 5.41) is 9.77. The summed E-state index contributed by atoms with van der Waals surface area (Å²) in [5.41, 5.74) is 2.19. The first kappa shape index (κ1) is 19.9. The van der Waals surface area contributed by atoms with E-state index in [0.29, 0.717) is 28.1 Å². The molecule has 3 rings (SSSR count). The van der Waals surface area contributed by atoms with Gasteiger partial charge in [-0.05, 0) is 36.4 Å². The smallest absolute Gasteiger partial charge is 0.227 e. The predicted molar refractivity (Wildman–Crippen MR) is 114 cm³/mol. The van der Waals surface area contributed by atoms with Crippen LogP contribution in [0.25, 0.3) is 10.2 Å². The SMILES string of the molecule is COc1ccc(Cl)cc1NCCC(=O)Nc1nc2ccc(NC(C)=O)cc2s1. The number of thiazole rings is 1. The number of hydrogen-bond acceptors (Lipinski definition) is 6. The fourth-order valence-corrected chi connectivity index (χ4v) is 3.66. The zero-order valence-corrected chi connectivity index (χ0v) is 16.9. The van der Waals surface area contributed by atoms with Crippen molar-refractivity contribution in [2.24, 2.45) is 0 Å². The fraction of sp³-hybridized carbons (Fsp3) is 0.211. The number of nitrogens with one attached hydrogen (secondary N) is 3. The lowest BCUT2D eigenvalue weighted by atomic mass is 10.3. The molecule has 0 atom stereocenters. The first-order valence-electron chi connectivity index (χ1n) is 8.50.